The molecule has 2 fully saturated rings. The molecule has 0 radical (unpaired) electrons. The van der Waals surface area contributed by atoms with E-state index in [9.17, 15) is 9.59 Å². The fourth-order valence-corrected chi connectivity index (χ4v) is 3.73. The highest BCUT2D eigenvalue weighted by atomic mass is 16.2. The maximum atomic E-state index is 12.9. The molecule has 1 aliphatic heterocycles. The number of piperazine rings is 1. The maximum absolute atomic E-state index is 12.9. The number of carbonyl (C=O) groups is 2. The zero-order valence-corrected chi connectivity index (χ0v) is 15.3. The molecular formula is C20H26N4O2. The summed E-state index contributed by atoms with van der Waals surface area (Å²) >= 11 is 0. The number of H-pyrrole nitrogens is 1. The Morgan fingerprint density at radius 3 is 2.42 bits per heavy atom. The molecule has 26 heavy (non-hydrogen) atoms. The molecule has 1 saturated carbocycles. The fourth-order valence-electron chi connectivity index (χ4n) is 3.73. The Labute approximate surface area is 153 Å². The summed E-state index contributed by atoms with van der Waals surface area (Å²) in [6.45, 7) is 6.18. The van der Waals surface area contributed by atoms with Crippen molar-refractivity contribution < 1.29 is 9.59 Å². The number of rotatable bonds is 6. The van der Waals surface area contributed by atoms with Crippen LogP contribution in [0.4, 0.5) is 0 Å². The molecule has 2 aliphatic rings. The summed E-state index contributed by atoms with van der Waals surface area (Å²) in [5.74, 6) is 0.298. The SMILES string of the molecule is Cc1[nH]c2ccccc2c1C(=O)CN1CCN(CC(=O)NC2CC2)CC1. The molecule has 0 spiro atoms. The van der Waals surface area contributed by atoms with Gasteiger partial charge in [0.15, 0.2) is 5.78 Å². The summed E-state index contributed by atoms with van der Waals surface area (Å²) in [6.07, 6.45) is 2.24. The number of ketones is 1. The second-order valence-electron chi connectivity index (χ2n) is 7.49. The second-order valence-corrected chi connectivity index (χ2v) is 7.49. The van der Waals surface area contributed by atoms with Crippen molar-refractivity contribution in [3.8, 4) is 0 Å². The number of nitrogens with zero attached hydrogens (tertiary/aromatic N) is 2. The van der Waals surface area contributed by atoms with E-state index >= 15 is 0 Å². The van der Waals surface area contributed by atoms with E-state index in [1.807, 2.05) is 31.2 Å². The third-order valence-electron chi connectivity index (χ3n) is 5.31. The predicted octanol–water partition coefficient (Wildman–Crippen LogP) is 1.56. The molecule has 138 valence electrons. The number of aryl methyl sites for hydroxylation is 1. The lowest BCUT2D eigenvalue weighted by atomic mass is 10.1. The van der Waals surface area contributed by atoms with E-state index in [1.54, 1.807) is 0 Å². The Hall–Kier alpha value is -2.18. The van der Waals surface area contributed by atoms with E-state index in [1.165, 1.54) is 0 Å². The fraction of sp³-hybridized carbons (Fsp3) is 0.500. The minimum atomic E-state index is 0.131. The number of para-hydroxylation sites is 1. The maximum Gasteiger partial charge on any atom is 0.234 e. The first kappa shape index (κ1) is 17.2. The number of aromatic nitrogens is 1. The minimum Gasteiger partial charge on any atom is -0.358 e. The third-order valence-corrected chi connectivity index (χ3v) is 5.31. The van der Waals surface area contributed by atoms with Gasteiger partial charge in [-0.15, -0.1) is 0 Å². The van der Waals surface area contributed by atoms with Gasteiger partial charge < -0.3 is 10.3 Å². The second kappa shape index (κ2) is 7.21. The van der Waals surface area contributed by atoms with Gasteiger partial charge in [0.25, 0.3) is 0 Å². The van der Waals surface area contributed by atoms with Crippen LogP contribution in [0.3, 0.4) is 0 Å². The minimum absolute atomic E-state index is 0.131. The first-order valence-corrected chi connectivity index (χ1v) is 9.45. The molecule has 1 saturated heterocycles. The first-order chi connectivity index (χ1) is 12.6. The Balaban J connectivity index is 1.31. The van der Waals surface area contributed by atoms with E-state index in [-0.39, 0.29) is 11.7 Å². The Kier molecular flexibility index (Phi) is 4.78. The zero-order valence-electron chi connectivity index (χ0n) is 15.3. The normalized spacial score (nSPS) is 19.0. The smallest absolute Gasteiger partial charge is 0.234 e. The molecule has 2 heterocycles. The van der Waals surface area contributed by atoms with Crippen molar-refractivity contribution in [2.75, 3.05) is 39.3 Å². The third kappa shape index (κ3) is 3.81. The van der Waals surface area contributed by atoms with Gasteiger partial charge in [-0.2, -0.15) is 0 Å². The van der Waals surface area contributed by atoms with Gasteiger partial charge in [-0.1, -0.05) is 18.2 Å². The average molecular weight is 354 g/mol. The molecule has 1 aromatic carbocycles. The summed E-state index contributed by atoms with van der Waals surface area (Å²) in [4.78, 5) is 32.4. The molecule has 1 aromatic heterocycles. The molecule has 6 heteroatoms. The molecule has 6 nitrogen and oxygen atoms in total. The highest BCUT2D eigenvalue weighted by molar-refractivity contribution is 6.10. The Bertz CT molecular complexity index is 816. The van der Waals surface area contributed by atoms with E-state index in [0.717, 1.165) is 61.2 Å². The van der Waals surface area contributed by atoms with Gasteiger partial charge in [0.1, 0.15) is 0 Å². The van der Waals surface area contributed by atoms with Crippen LogP contribution in [0.1, 0.15) is 28.9 Å². The number of nitrogens with one attached hydrogen (secondary N) is 2. The molecule has 2 aromatic rings. The largest absolute Gasteiger partial charge is 0.358 e. The summed E-state index contributed by atoms with van der Waals surface area (Å²) in [5, 5.41) is 4.04. The van der Waals surface area contributed by atoms with Gasteiger partial charge in [-0.3, -0.25) is 19.4 Å². The predicted molar refractivity (Wildman–Crippen MR) is 101 cm³/mol. The number of Topliss-reactive ketones (excluding diaryl/α,β-unsaturated/α-hetero) is 1. The molecule has 0 unspecified atom stereocenters. The number of fused-ring (bicyclic) bond motifs is 1. The van der Waals surface area contributed by atoms with Gasteiger partial charge in [-0.05, 0) is 25.8 Å². The van der Waals surface area contributed by atoms with Crippen LogP contribution in [0.15, 0.2) is 24.3 Å². The van der Waals surface area contributed by atoms with E-state index in [2.05, 4.69) is 20.1 Å². The van der Waals surface area contributed by atoms with Gasteiger partial charge in [0.2, 0.25) is 5.91 Å². The van der Waals surface area contributed by atoms with Crippen LogP contribution in [-0.2, 0) is 4.79 Å². The van der Waals surface area contributed by atoms with Crippen LogP contribution in [-0.4, -0.2) is 71.8 Å². The van der Waals surface area contributed by atoms with Gasteiger partial charge >= 0.3 is 0 Å². The molecule has 1 aliphatic carbocycles. The summed E-state index contributed by atoms with van der Waals surface area (Å²) in [7, 11) is 0. The van der Waals surface area contributed by atoms with Crippen LogP contribution in [0.25, 0.3) is 10.9 Å². The van der Waals surface area contributed by atoms with Crippen LogP contribution in [0, 0.1) is 6.92 Å². The lowest BCUT2D eigenvalue weighted by Crippen LogP contribution is -2.50. The van der Waals surface area contributed by atoms with Crippen LogP contribution < -0.4 is 5.32 Å². The van der Waals surface area contributed by atoms with Crippen molar-refractivity contribution in [2.24, 2.45) is 0 Å². The Morgan fingerprint density at radius 1 is 1.08 bits per heavy atom. The Morgan fingerprint density at radius 2 is 1.73 bits per heavy atom. The quantitative estimate of drug-likeness (QED) is 0.773. The number of carbonyl (C=O) groups excluding carboxylic acids is 2. The standard InChI is InChI=1S/C20H26N4O2/c1-14-20(16-4-2-3-5-17(16)21-14)18(25)12-23-8-10-24(11-9-23)13-19(26)22-15-6-7-15/h2-5,15,21H,6-13H2,1H3,(H,22,26). The number of aromatic amines is 1. The molecule has 2 N–H and O–H groups in total. The monoisotopic (exact) mass is 354 g/mol. The zero-order chi connectivity index (χ0) is 18.1. The summed E-state index contributed by atoms with van der Waals surface area (Å²) in [6, 6.07) is 8.37. The van der Waals surface area contributed by atoms with Crippen molar-refractivity contribution in [2.45, 2.75) is 25.8 Å². The number of hydrogen-bond donors (Lipinski definition) is 2. The lowest BCUT2D eigenvalue weighted by molar-refractivity contribution is -0.122. The number of benzene rings is 1. The van der Waals surface area contributed by atoms with E-state index in [4.69, 9.17) is 0 Å². The lowest BCUT2D eigenvalue weighted by Gasteiger charge is -2.33. The highest BCUT2D eigenvalue weighted by Gasteiger charge is 2.26. The van der Waals surface area contributed by atoms with E-state index < -0.39 is 0 Å². The van der Waals surface area contributed by atoms with Crippen molar-refractivity contribution in [3.05, 3.63) is 35.5 Å². The number of hydrogen-bond acceptors (Lipinski definition) is 4. The van der Waals surface area contributed by atoms with Crippen molar-refractivity contribution >= 4 is 22.6 Å². The van der Waals surface area contributed by atoms with E-state index in [0.29, 0.717) is 19.1 Å². The highest BCUT2D eigenvalue weighted by Crippen LogP contribution is 2.23. The molecule has 4 rings (SSSR count). The molecule has 1 amide bonds. The average Bonchev–Trinajstić information content (AvgIpc) is 3.35. The molecule has 0 atom stereocenters. The van der Waals surface area contributed by atoms with Crippen molar-refractivity contribution in [3.63, 3.8) is 0 Å². The van der Waals surface area contributed by atoms with Crippen molar-refractivity contribution in [1.29, 1.82) is 0 Å². The molecule has 0 bridgehead atoms. The first-order valence-electron chi connectivity index (χ1n) is 9.45. The van der Waals surface area contributed by atoms with Crippen molar-refractivity contribution in [1.82, 2.24) is 20.1 Å². The molecular weight excluding hydrogens is 328 g/mol. The van der Waals surface area contributed by atoms with Crippen LogP contribution >= 0.6 is 0 Å². The van der Waals surface area contributed by atoms with Crippen LogP contribution in [0.5, 0.6) is 0 Å². The summed E-state index contributed by atoms with van der Waals surface area (Å²) in [5.41, 5.74) is 2.76. The van der Waals surface area contributed by atoms with Crippen LogP contribution in [0.2, 0.25) is 0 Å². The topological polar surface area (TPSA) is 68.4 Å². The van der Waals surface area contributed by atoms with Gasteiger partial charge in [-0.25, -0.2) is 0 Å². The van der Waals surface area contributed by atoms with Gasteiger partial charge in [0, 0.05) is 54.4 Å². The van der Waals surface area contributed by atoms with Gasteiger partial charge in [0.05, 0.1) is 13.1 Å². The summed E-state index contributed by atoms with van der Waals surface area (Å²) < 4.78 is 0. The number of amides is 1.